The Kier molecular flexibility index (Phi) is 5.13. The summed E-state index contributed by atoms with van der Waals surface area (Å²) >= 11 is 6.01. The minimum Gasteiger partial charge on any atom is -0.455 e. The first-order chi connectivity index (χ1) is 12.1. The number of hydrogen-bond acceptors (Lipinski definition) is 6. The predicted molar refractivity (Wildman–Crippen MR) is 92.1 cm³/mol. The number of hydrazine groups is 1. The molecule has 8 nitrogen and oxygen atoms in total. The third kappa shape index (κ3) is 3.87. The maximum atomic E-state index is 12.4. The van der Waals surface area contributed by atoms with Crippen molar-refractivity contribution in [3.8, 4) is 11.5 Å². The molecule has 1 saturated heterocycles. The summed E-state index contributed by atoms with van der Waals surface area (Å²) in [6.45, 7) is 0. The van der Waals surface area contributed by atoms with Crippen LogP contribution in [0.5, 0.6) is 11.5 Å². The van der Waals surface area contributed by atoms with Crippen molar-refractivity contribution in [1.82, 2.24) is 10.9 Å². The number of anilines is 1. The van der Waals surface area contributed by atoms with Gasteiger partial charge < -0.3 is 10.1 Å². The molecule has 2 aromatic carbocycles. The van der Waals surface area contributed by atoms with Crippen LogP contribution in [0.1, 0.15) is 0 Å². The lowest BCUT2D eigenvalue weighted by molar-refractivity contribution is -0.525. The van der Waals surface area contributed by atoms with Crippen molar-refractivity contribution in [2.75, 3.05) is 5.32 Å². The van der Waals surface area contributed by atoms with Crippen LogP contribution in [0.25, 0.3) is 0 Å². The molecule has 25 heavy (non-hydrogen) atoms. The van der Waals surface area contributed by atoms with Gasteiger partial charge in [0.1, 0.15) is 17.2 Å². The van der Waals surface area contributed by atoms with E-state index >= 15 is 0 Å². The number of amides is 1. The molecule has 1 aliphatic rings. The summed E-state index contributed by atoms with van der Waals surface area (Å²) in [5.41, 5.74) is 5.39. The van der Waals surface area contributed by atoms with E-state index in [0.717, 1.165) is 0 Å². The second kappa shape index (κ2) is 7.47. The third-order valence-corrected chi connectivity index (χ3v) is 4.12. The quantitative estimate of drug-likeness (QED) is 0.427. The van der Waals surface area contributed by atoms with Gasteiger partial charge in [-0.25, -0.2) is 5.43 Å². The number of nitrogens with one attached hydrogen (secondary N) is 3. The number of para-hydroxylation sites is 3. The Hall–Kier alpha value is -2.68. The van der Waals surface area contributed by atoms with E-state index in [0.29, 0.717) is 17.2 Å². The molecule has 0 saturated carbocycles. The Morgan fingerprint density at radius 2 is 1.80 bits per heavy atom. The molecule has 1 amide bonds. The Bertz CT molecular complexity index is 774. The number of hydrogen-bond donors (Lipinski definition) is 3. The summed E-state index contributed by atoms with van der Waals surface area (Å²) in [7, 11) is 0. The predicted octanol–water partition coefficient (Wildman–Crippen LogP) is 2.10. The lowest BCUT2D eigenvalue weighted by Gasteiger charge is -2.16. The van der Waals surface area contributed by atoms with Gasteiger partial charge in [-0.2, -0.15) is 5.43 Å². The first-order valence-electron chi connectivity index (χ1n) is 7.47. The summed E-state index contributed by atoms with van der Waals surface area (Å²) in [4.78, 5) is 22.7. The largest absolute Gasteiger partial charge is 0.455 e. The molecule has 0 aromatic heterocycles. The van der Waals surface area contributed by atoms with Crippen molar-refractivity contribution >= 4 is 23.2 Å². The van der Waals surface area contributed by atoms with Crippen LogP contribution in [-0.4, -0.2) is 28.4 Å². The Morgan fingerprint density at radius 3 is 2.48 bits per heavy atom. The lowest BCUT2D eigenvalue weighted by Crippen LogP contribution is -2.42. The number of ether oxygens (including phenoxy) is 1. The fourth-order valence-corrected chi connectivity index (χ4v) is 2.71. The van der Waals surface area contributed by atoms with Crippen LogP contribution >= 0.6 is 11.6 Å². The molecule has 0 spiro atoms. The van der Waals surface area contributed by atoms with E-state index in [9.17, 15) is 14.9 Å². The number of halogens is 1. The van der Waals surface area contributed by atoms with E-state index in [1.807, 2.05) is 18.2 Å². The normalized spacial score (nSPS) is 22.4. The molecule has 130 valence electrons. The number of nitro groups is 1. The van der Waals surface area contributed by atoms with E-state index in [4.69, 9.17) is 16.3 Å². The summed E-state index contributed by atoms with van der Waals surface area (Å²) in [5.74, 6) is 0.569. The minimum absolute atomic E-state index is 0.437. The van der Waals surface area contributed by atoms with Gasteiger partial charge in [0.25, 0.3) is 6.17 Å². The molecule has 3 N–H and O–H groups in total. The molecule has 0 aliphatic carbocycles. The van der Waals surface area contributed by atoms with Crippen LogP contribution < -0.4 is 20.9 Å². The molecule has 1 heterocycles. The molecule has 3 rings (SSSR count). The standard InChI is InChI=1S/C16H15ClN4O4/c17-13-14(19-20-15(13)21(23)24)16(22)18-11-8-4-5-9-12(11)25-10-6-2-1-3-7-10/h1-9,13-15,19-20H,(H,18,22). The van der Waals surface area contributed by atoms with E-state index in [1.165, 1.54) is 0 Å². The van der Waals surface area contributed by atoms with E-state index < -0.39 is 28.4 Å². The van der Waals surface area contributed by atoms with E-state index in [1.54, 1.807) is 36.4 Å². The minimum atomic E-state index is -1.24. The van der Waals surface area contributed by atoms with Gasteiger partial charge in [0.2, 0.25) is 5.91 Å². The second-order valence-corrected chi connectivity index (χ2v) is 5.85. The number of rotatable bonds is 5. The maximum absolute atomic E-state index is 12.4. The van der Waals surface area contributed by atoms with Crippen LogP contribution in [0.4, 0.5) is 5.69 Å². The SMILES string of the molecule is O=C(Nc1ccccc1Oc1ccccc1)C1NNC([N+](=O)[O-])C1Cl. The maximum Gasteiger partial charge on any atom is 0.296 e. The molecule has 0 radical (unpaired) electrons. The Labute approximate surface area is 148 Å². The summed E-state index contributed by atoms with van der Waals surface area (Å²) < 4.78 is 5.77. The molecular formula is C16H15ClN4O4. The average Bonchev–Trinajstić information content (AvgIpc) is 2.99. The zero-order valence-electron chi connectivity index (χ0n) is 12.9. The fourth-order valence-electron chi connectivity index (χ4n) is 2.38. The molecule has 2 aromatic rings. The molecule has 3 atom stereocenters. The number of alkyl halides is 1. The zero-order chi connectivity index (χ0) is 17.8. The van der Waals surface area contributed by atoms with Gasteiger partial charge in [-0.1, -0.05) is 30.3 Å². The molecule has 1 fully saturated rings. The third-order valence-electron chi connectivity index (χ3n) is 3.63. The molecule has 0 bridgehead atoms. The summed E-state index contributed by atoms with van der Waals surface area (Å²) in [6, 6.07) is 15.1. The van der Waals surface area contributed by atoms with Gasteiger partial charge in [-0.15, -0.1) is 11.6 Å². The first kappa shape index (κ1) is 17.2. The van der Waals surface area contributed by atoms with Crippen molar-refractivity contribution in [3.63, 3.8) is 0 Å². The average molecular weight is 363 g/mol. The number of nitrogens with zero attached hydrogens (tertiary/aromatic N) is 1. The zero-order valence-corrected chi connectivity index (χ0v) is 13.6. The van der Waals surface area contributed by atoms with Crippen molar-refractivity contribution < 1.29 is 14.5 Å². The van der Waals surface area contributed by atoms with Crippen LogP contribution in [-0.2, 0) is 4.79 Å². The van der Waals surface area contributed by atoms with Gasteiger partial charge in [-0.05, 0) is 24.3 Å². The van der Waals surface area contributed by atoms with Gasteiger partial charge in [0, 0.05) is 4.92 Å². The summed E-state index contributed by atoms with van der Waals surface area (Å²) in [6.07, 6.45) is -1.24. The highest BCUT2D eigenvalue weighted by Gasteiger charge is 2.46. The van der Waals surface area contributed by atoms with Crippen LogP contribution in [0.3, 0.4) is 0 Å². The van der Waals surface area contributed by atoms with Crippen LogP contribution in [0.15, 0.2) is 54.6 Å². The molecule has 9 heteroatoms. The van der Waals surface area contributed by atoms with Crippen molar-refractivity contribution in [2.24, 2.45) is 0 Å². The van der Waals surface area contributed by atoms with Crippen molar-refractivity contribution in [1.29, 1.82) is 0 Å². The molecular weight excluding hydrogens is 348 g/mol. The van der Waals surface area contributed by atoms with Gasteiger partial charge in [-0.3, -0.25) is 14.9 Å². The Morgan fingerprint density at radius 1 is 1.12 bits per heavy atom. The smallest absolute Gasteiger partial charge is 0.296 e. The summed E-state index contributed by atoms with van der Waals surface area (Å²) in [5, 5.41) is 12.5. The lowest BCUT2D eigenvalue weighted by atomic mass is 10.2. The number of carbonyl (C=O) groups excluding carboxylic acids is 1. The monoisotopic (exact) mass is 362 g/mol. The number of carbonyl (C=O) groups is 1. The van der Waals surface area contributed by atoms with Gasteiger partial charge in [0.05, 0.1) is 5.69 Å². The van der Waals surface area contributed by atoms with Gasteiger partial charge >= 0.3 is 0 Å². The molecule has 1 aliphatic heterocycles. The van der Waals surface area contributed by atoms with Crippen LogP contribution in [0, 0.1) is 10.1 Å². The fraction of sp³-hybridized carbons (Fsp3) is 0.188. The first-order valence-corrected chi connectivity index (χ1v) is 7.91. The van der Waals surface area contributed by atoms with E-state index in [2.05, 4.69) is 16.2 Å². The van der Waals surface area contributed by atoms with Gasteiger partial charge in [0.15, 0.2) is 5.75 Å². The highest BCUT2D eigenvalue weighted by atomic mass is 35.5. The van der Waals surface area contributed by atoms with E-state index in [-0.39, 0.29) is 0 Å². The van der Waals surface area contributed by atoms with Crippen molar-refractivity contribution in [3.05, 3.63) is 64.7 Å². The second-order valence-electron chi connectivity index (χ2n) is 5.34. The highest BCUT2D eigenvalue weighted by Crippen LogP contribution is 2.29. The Balaban J connectivity index is 1.73. The topological polar surface area (TPSA) is 106 Å². The highest BCUT2D eigenvalue weighted by molar-refractivity contribution is 6.24. The number of benzene rings is 2. The van der Waals surface area contributed by atoms with Crippen LogP contribution in [0.2, 0.25) is 0 Å². The van der Waals surface area contributed by atoms with Crippen molar-refractivity contribution in [2.45, 2.75) is 17.6 Å². The molecule has 3 unspecified atom stereocenters.